The second kappa shape index (κ2) is 11.8. The van der Waals surface area contributed by atoms with Gasteiger partial charge in [0.05, 0.1) is 16.1 Å². The van der Waals surface area contributed by atoms with Gasteiger partial charge in [0.1, 0.15) is 5.69 Å². The summed E-state index contributed by atoms with van der Waals surface area (Å²) in [5, 5.41) is 37.5. The second-order valence-corrected chi connectivity index (χ2v) is 10.5. The van der Waals surface area contributed by atoms with Gasteiger partial charge in [0.25, 0.3) is 11.8 Å². The van der Waals surface area contributed by atoms with Crippen LogP contribution in [0.4, 0.5) is 17.1 Å². The number of carbonyl (C=O) groups excluding carboxylic acids is 2. The average Bonchev–Trinajstić information content (AvgIpc) is 3.61. The molecule has 1 saturated heterocycles. The average molecular weight is 574 g/mol. The molecule has 2 aromatic carbocycles. The molecular formula is C30H31N5O5S. The topological polar surface area (TPSA) is 131 Å². The standard InChI is InChI=1S/C30H31N5O5S/c1-3-21(19-9-5-4-6-10-19)31-24-25(30(40)33(2)29(24)39)32-22-12-7-11-20(26(22)36)27(37)34-14-16-35(17-15-34)28(38)23-13-8-18-41-23/h4-13,18,32,36,39-40H,3,14-17H2,1-2H3. The van der Waals surface area contributed by atoms with Gasteiger partial charge in [0, 0.05) is 38.9 Å². The van der Waals surface area contributed by atoms with Crippen molar-refractivity contribution >= 4 is 45.9 Å². The number of aliphatic imine (C=N–C) groups is 1. The number of aromatic hydroxyl groups is 3. The molecule has 2 amide bonds. The first kappa shape index (κ1) is 27.8. The lowest BCUT2D eigenvalue weighted by Crippen LogP contribution is -2.50. The summed E-state index contributed by atoms with van der Waals surface area (Å²) in [6, 6.07) is 17.8. The third-order valence-electron chi connectivity index (χ3n) is 7.11. The fourth-order valence-electron chi connectivity index (χ4n) is 4.77. The van der Waals surface area contributed by atoms with Crippen LogP contribution in [0.15, 0.2) is 71.0 Å². The van der Waals surface area contributed by atoms with Gasteiger partial charge in [-0.25, -0.2) is 4.99 Å². The van der Waals surface area contributed by atoms with Crippen LogP contribution in [0.25, 0.3) is 0 Å². The number of phenolic OH excluding ortho intramolecular Hbond substituents is 1. The van der Waals surface area contributed by atoms with Crippen LogP contribution in [-0.4, -0.2) is 73.4 Å². The van der Waals surface area contributed by atoms with Crippen LogP contribution in [0, 0.1) is 0 Å². The van der Waals surface area contributed by atoms with Crippen molar-refractivity contribution in [2.75, 3.05) is 31.5 Å². The number of carbonyl (C=O) groups is 2. The van der Waals surface area contributed by atoms with Crippen molar-refractivity contribution < 1.29 is 24.9 Å². The summed E-state index contributed by atoms with van der Waals surface area (Å²) in [6.07, 6.45) is 0.569. The summed E-state index contributed by atoms with van der Waals surface area (Å²) < 4.78 is 1.18. The molecule has 1 aliphatic heterocycles. The Morgan fingerprint density at radius 1 is 0.878 bits per heavy atom. The predicted molar refractivity (Wildman–Crippen MR) is 159 cm³/mol. The van der Waals surface area contributed by atoms with Crippen LogP contribution >= 0.6 is 11.3 Å². The highest BCUT2D eigenvalue weighted by molar-refractivity contribution is 7.12. The Morgan fingerprint density at radius 2 is 1.56 bits per heavy atom. The molecule has 212 valence electrons. The number of nitrogens with one attached hydrogen (secondary N) is 1. The maximum Gasteiger partial charge on any atom is 0.264 e. The van der Waals surface area contributed by atoms with Crippen LogP contribution in [0.5, 0.6) is 17.5 Å². The molecule has 3 heterocycles. The second-order valence-electron chi connectivity index (χ2n) is 9.60. The number of anilines is 2. The molecule has 41 heavy (non-hydrogen) atoms. The van der Waals surface area contributed by atoms with E-state index in [9.17, 15) is 24.9 Å². The minimum Gasteiger partial charge on any atom is -0.505 e. The molecule has 1 fully saturated rings. The van der Waals surface area contributed by atoms with Gasteiger partial charge in [-0.1, -0.05) is 49.4 Å². The molecule has 4 N–H and O–H groups in total. The lowest BCUT2D eigenvalue weighted by molar-refractivity contribution is 0.0536. The molecule has 0 saturated carbocycles. The summed E-state index contributed by atoms with van der Waals surface area (Å²) in [5.41, 5.74) is 2.00. The molecule has 10 nitrogen and oxygen atoms in total. The molecular weight excluding hydrogens is 542 g/mol. The zero-order valence-electron chi connectivity index (χ0n) is 22.7. The smallest absolute Gasteiger partial charge is 0.264 e. The van der Waals surface area contributed by atoms with E-state index in [1.54, 1.807) is 28.0 Å². The Hall–Kier alpha value is -4.77. The van der Waals surface area contributed by atoms with E-state index in [1.165, 1.54) is 29.0 Å². The van der Waals surface area contributed by atoms with Crippen molar-refractivity contribution in [2.45, 2.75) is 13.3 Å². The molecule has 0 aliphatic carbocycles. The number of rotatable bonds is 7. The summed E-state index contributed by atoms with van der Waals surface area (Å²) in [7, 11) is 1.49. The summed E-state index contributed by atoms with van der Waals surface area (Å²) in [4.78, 5) is 34.7. The highest BCUT2D eigenvalue weighted by atomic mass is 32.1. The first-order chi connectivity index (χ1) is 19.8. The Kier molecular flexibility index (Phi) is 7.97. The van der Waals surface area contributed by atoms with Crippen LogP contribution in [0.2, 0.25) is 0 Å². The van der Waals surface area contributed by atoms with E-state index in [0.29, 0.717) is 43.2 Å². The molecule has 5 rings (SSSR count). The lowest BCUT2D eigenvalue weighted by atomic mass is 10.1. The Morgan fingerprint density at radius 3 is 2.20 bits per heavy atom. The van der Waals surface area contributed by atoms with Gasteiger partial charge in [0.2, 0.25) is 11.8 Å². The molecule has 0 radical (unpaired) electrons. The van der Waals surface area contributed by atoms with E-state index in [-0.39, 0.29) is 51.9 Å². The predicted octanol–water partition coefficient (Wildman–Crippen LogP) is 5.08. The van der Waals surface area contributed by atoms with Crippen LogP contribution < -0.4 is 5.32 Å². The van der Waals surface area contributed by atoms with Crippen LogP contribution in [0.3, 0.4) is 0 Å². The number of para-hydroxylation sites is 1. The summed E-state index contributed by atoms with van der Waals surface area (Å²) in [6.45, 7) is 3.39. The van der Waals surface area contributed by atoms with Crippen molar-refractivity contribution in [3.05, 3.63) is 82.0 Å². The number of phenols is 1. The van der Waals surface area contributed by atoms with Crippen molar-refractivity contribution in [3.8, 4) is 17.5 Å². The Labute approximate surface area is 241 Å². The van der Waals surface area contributed by atoms with Gasteiger partial charge in [-0.3, -0.25) is 14.2 Å². The SMILES string of the molecule is CCC(=Nc1c(Nc2cccc(C(=O)N3CCN(C(=O)c4cccs4)CC3)c2O)c(O)n(C)c1O)c1ccccc1. The van der Waals surface area contributed by atoms with Gasteiger partial charge in [-0.2, -0.15) is 0 Å². The molecule has 0 unspecified atom stereocenters. The molecule has 0 bridgehead atoms. The van der Waals surface area contributed by atoms with Crippen LogP contribution in [0.1, 0.15) is 38.9 Å². The molecule has 0 spiro atoms. The quantitative estimate of drug-likeness (QED) is 0.180. The van der Waals surface area contributed by atoms with E-state index in [0.717, 1.165) is 5.56 Å². The first-order valence-electron chi connectivity index (χ1n) is 13.2. The number of hydrogen-bond acceptors (Lipinski definition) is 8. The number of piperazine rings is 1. The number of amides is 2. The Bertz CT molecular complexity index is 1590. The number of benzene rings is 2. The van der Waals surface area contributed by atoms with Gasteiger partial charge < -0.3 is 30.4 Å². The Balaban J connectivity index is 1.38. The van der Waals surface area contributed by atoms with Crippen molar-refractivity contribution in [1.29, 1.82) is 0 Å². The zero-order chi connectivity index (χ0) is 29.1. The largest absolute Gasteiger partial charge is 0.505 e. The first-order valence-corrected chi connectivity index (χ1v) is 14.1. The minimum absolute atomic E-state index is 0.0518. The summed E-state index contributed by atoms with van der Waals surface area (Å²) in [5.74, 6) is -1.26. The van der Waals surface area contributed by atoms with Crippen molar-refractivity contribution in [1.82, 2.24) is 14.4 Å². The summed E-state index contributed by atoms with van der Waals surface area (Å²) >= 11 is 1.39. The normalized spacial score (nSPS) is 13.9. The van der Waals surface area contributed by atoms with E-state index >= 15 is 0 Å². The fraction of sp³-hybridized carbons (Fsp3) is 0.233. The highest BCUT2D eigenvalue weighted by Crippen LogP contribution is 2.47. The molecule has 1 aliphatic rings. The number of nitrogens with zero attached hydrogens (tertiary/aromatic N) is 4. The van der Waals surface area contributed by atoms with Gasteiger partial charge in [0.15, 0.2) is 11.4 Å². The number of thiophene rings is 1. The fourth-order valence-corrected chi connectivity index (χ4v) is 5.46. The molecule has 0 atom stereocenters. The van der Waals surface area contributed by atoms with E-state index in [4.69, 9.17) is 0 Å². The van der Waals surface area contributed by atoms with E-state index < -0.39 is 0 Å². The van der Waals surface area contributed by atoms with Crippen molar-refractivity contribution in [2.24, 2.45) is 12.0 Å². The maximum absolute atomic E-state index is 13.4. The van der Waals surface area contributed by atoms with E-state index in [2.05, 4.69) is 10.3 Å². The monoisotopic (exact) mass is 573 g/mol. The number of aromatic nitrogens is 1. The third-order valence-corrected chi connectivity index (χ3v) is 7.97. The molecule has 11 heteroatoms. The van der Waals surface area contributed by atoms with Gasteiger partial charge in [-0.15, -0.1) is 11.3 Å². The molecule has 2 aromatic heterocycles. The van der Waals surface area contributed by atoms with E-state index in [1.807, 2.05) is 48.7 Å². The van der Waals surface area contributed by atoms with Gasteiger partial charge in [-0.05, 0) is 35.6 Å². The minimum atomic E-state index is -0.370. The molecule has 4 aromatic rings. The zero-order valence-corrected chi connectivity index (χ0v) is 23.6. The maximum atomic E-state index is 13.4. The van der Waals surface area contributed by atoms with Crippen LogP contribution in [-0.2, 0) is 7.05 Å². The van der Waals surface area contributed by atoms with Gasteiger partial charge >= 0.3 is 0 Å². The van der Waals surface area contributed by atoms with Crippen molar-refractivity contribution in [3.63, 3.8) is 0 Å². The number of hydrogen-bond donors (Lipinski definition) is 4. The highest BCUT2D eigenvalue weighted by Gasteiger charge is 2.28. The lowest BCUT2D eigenvalue weighted by Gasteiger charge is -2.34. The third kappa shape index (κ3) is 5.48.